The van der Waals surface area contributed by atoms with Crippen molar-refractivity contribution < 1.29 is 13.5 Å². The predicted molar refractivity (Wildman–Crippen MR) is 65.6 cm³/mol. The summed E-state index contributed by atoms with van der Waals surface area (Å²) >= 11 is 0. The molecule has 19 heavy (non-hydrogen) atoms. The van der Waals surface area contributed by atoms with Crippen molar-refractivity contribution in [3.05, 3.63) is 47.2 Å². The van der Waals surface area contributed by atoms with E-state index in [0.717, 1.165) is 12.1 Å². The van der Waals surface area contributed by atoms with Crippen molar-refractivity contribution in [1.82, 2.24) is 4.98 Å². The van der Waals surface area contributed by atoms with Crippen molar-refractivity contribution in [2.45, 2.75) is 6.92 Å². The number of hydrogen-bond acceptors (Lipinski definition) is 3. The molecule has 0 saturated carbocycles. The van der Waals surface area contributed by atoms with Crippen LogP contribution in [0.4, 0.5) is 8.78 Å². The minimum atomic E-state index is -0.882. The first-order valence-corrected chi connectivity index (χ1v) is 5.48. The second-order valence-electron chi connectivity index (χ2n) is 3.91. The van der Waals surface area contributed by atoms with E-state index in [2.05, 4.69) is 4.98 Å². The van der Waals surface area contributed by atoms with Gasteiger partial charge in [0.2, 0.25) is 5.88 Å². The summed E-state index contributed by atoms with van der Waals surface area (Å²) in [5.41, 5.74) is 0.926. The van der Waals surface area contributed by atoms with Crippen LogP contribution in [0.1, 0.15) is 11.3 Å². The molecule has 3 nitrogen and oxygen atoms in total. The topological polar surface area (TPSA) is 45.9 Å². The maximum Gasteiger partial charge on any atom is 0.213 e. The number of nitriles is 1. The molecule has 0 saturated heterocycles. The second kappa shape index (κ2) is 5.02. The monoisotopic (exact) mass is 260 g/mol. The number of methoxy groups -OCH3 is 1. The lowest BCUT2D eigenvalue weighted by atomic mass is 10.0. The lowest BCUT2D eigenvalue weighted by molar-refractivity contribution is 0.397. The van der Waals surface area contributed by atoms with E-state index in [1.54, 1.807) is 19.1 Å². The van der Waals surface area contributed by atoms with Gasteiger partial charge in [-0.05, 0) is 30.7 Å². The molecule has 1 aromatic carbocycles. The maximum atomic E-state index is 13.6. The van der Waals surface area contributed by atoms with Crippen LogP contribution in [0.2, 0.25) is 0 Å². The highest BCUT2D eigenvalue weighted by molar-refractivity contribution is 5.67. The molecule has 0 unspecified atom stereocenters. The molecule has 2 rings (SSSR count). The zero-order valence-electron chi connectivity index (χ0n) is 10.4. The minimum Gasteiger partial charge on any atom is -0.481 e. The van der Waals surface area contributed by atoms with Crippen LogP contribution in [-0.2, 0) is 0 Å². The molecule has 0 bridgehead atoms. The lowest BCUT2D eigenvalue weighted by Gasteiger charge is -2.08. The van der Waals surface area contributed by atoms with E-state index in [0.29, 0.717) is 22.7 Å². The summed E-state index contributed by atoms with van der Waals surface area (Å²) in [6.45, 7) is 1.71. The molecule has 1 heterocycles. The first-order valence-electron chi connectivity index (χ1n) is 5.48. The van der Waals surface area contributed by atoms with E-state index < -0.39 is 17.2 Å². The summed E-state index contributed by atoms with van der Waals surface area (Å²) in [6, 6.07) is 7.01. The summed E-state index contributed by atoms with van der Waals surface area (Å²) in [5.74, 6) is -1.34. The lowest BCUT2D eigenvalue weighted by Crippen LogP contribution is -1.95. The molecule has 0 aliphatic heterocycles. The highest BCUT2D eigenvalue weighted by atomic mass is 19.1. The Morgan fingerprint density at radius 2 is 1.84 bits per heavy atom. The van der Waals surface area contributed by atoms with Crippen molar-refractivity contribution in [3.8, 4) is 23.1 Å². The third-order valence-corrected chi connectivity index (χ3v) is 2.73. The first-order chi connectivity index (χ1) is 9.06. The summed E-state index contributed by atoms with van der Waals surface area (Å²) in [4.78, 5) is 4.14. The predicted octanol–water partition coefficient (Wildman–Crippen LogP) is 3.22. The number of hydrogen-bond donors (Lipinski definition) is 0. The third-order valence-electron chi connectivity index (χ3n) is 2.73. The molecular weight excluding hydrogens is 250 g/mol. The van der Waals surface area contributed by atoms with Crippen molar-refractivity contribution in [2.75, 3.05) is 7.11 Å². The molecule has 0 spiro atoms. The maximum absolute atomic E-state index is 13.6. The van der Waals surface area contributed by atoms with Crippen molar-refractivity contribution in [3.63, 3.8) is 0 Å². The molecule has 96 valence electrons. The normalized spacial score (nSPS) is 10.1. The highest BCUT2D eigenvalue weighted by Crippen LogP contribution is 2.27. The van der Waals surface area contributed by atoms with Crippen LogP contribution in [-0.4, -0.2) is 12.1 Å². The summed E-state index contributed by atoms with van der Waals surface area (Å²) in [7, 11) is 1.49. The molecule has 0 aliphatic rings. The van der Waals surface area contributed by atoms with Gasteiger partial charge in [0.25, 0.3) is 0 Å². The van der Waals surface area contributed by atoms with Gasteiger partial charge in [-0.2, -0.15) is 5.26 Å². The van der Waals surface area contributed by atoms with Crippen molar-refractivity contribution >= 4 is 0 Å². The molecule has 0 aliphatic carbocycles. The van der Waals surface area contributed by atoms with E-state index in [4.69, 9.17) is 10.00 Å². The Bertz CT molecular complexity index is 655. The summed E-state index contributed by atoms with van der Waals surface area (Å²) < 4.78 is 32.1. The number of nitrogens with zero attached hydrogens (tertiary/aromatic N) is 2. The molecule has 0 atom stereocenters. The molecule has 0 amide bonds. The number of pyridine rings is 1. The van der Waals surface area contributed by atoms with Gasteiger partial charge in [-0.15, -0.1) is 0 Å². The smallest absolute Gasteiger partial charge is 0.213 e. The van der Waals surface area contributed by atoms with Crippen molar-refractivity contribution in [1.29, 1.82) is 5.26 Å². The molecule has 0 fully saturated rings. The fraction of sp³-hybridized carbons (Fsp3) is 0.143. The summed E-state index contributed by atoms with van der Waals surface area (Å²) in [6.07, 6.45) is 0. The Morgan fingerprint density at radius 3 is 2.32 bits per heavy atom. The Hall–Kier alpha value is -2.48. The van der Waals surface area contributed by atoms with Gasteiger partial charge < -0.3 is 4.74 Å². The Kier molecular flexibility index (Phi) is 3.43. The van der Waals surface area contributed by atoms with Gasteiger partial charge in [-0.25, -0.2) is 13.8 Å². The van der Waals surface area contributed by atoms with Crippen LogP contribution in [0.3, 0.4) is 0 Å². The van der Waals surface area contributed by atoms with E-state index in [9.17, 15) is 8.78 Å². The minimum absolute atomic E-state index is 0.335. The van der Waals surface area contributed by atoms with Crippen LogP contribution in [0, 0.1) is 29.9 Å². The zero-order valence-corrected chi connectivity index (χ0v) is 10.4. The van der Waals surface area contributed by atoms with Gasteiger partial charge in [-0.1, -0.05) is 0 Å². The van der Waals surface area contributed by atoms with Gasteiger partial charge in [-0.3, -0.25) is 0 Å². The Balaban J connectivity index is 2.57. The molecule has 1 aromatic heterocycles. The average molecular weight is 260 g/mol. The van der Waals surface area contributed by atoms with Crippen LogP contribution >= 0.6 is 0 Å². The molecule has 2 aromatic rings. The number of benzene rings is 1. The van der Waals surface area contributed by atoms with Crippen LogP contribution in [0.15, 0.2) is 24.3 Å². The average Bonchev–Trinajstić information content (AvgIpc) is 2.38. The number of aryl methyl sites for hydroxylation is 1. The SMILES string of the molecule is COc1ccc(-c2cc(F)c(C#N)c(F)c2)c(C)n1. The van der Waals surface area contributed by atoms with Crippen LogP contribution in [0.25, 0.3) is 11.1 Å². The Morgan fingerprint density at radius 1 is 1.21 bits per heavy atom. The molecule has 0 radical (unpaired) electrons. The van der Waals surface area contributed by atoms with Crippen LogP contribution < -0.4 is 4.74 Å². The van der Waals surface area contributed by atoms with E-state index >= 15 is 0 Å². The third kappa shape index (κ3) is 2.38. The fourth-order valence-corrected chi connectivity index (χ4v) is 1.79. The summed E-state index contributed by atoms with van der Waals surface area (Å²) in [5, 5.41) is 8.62. The van der Waals surface area contributed by atoms with Gasteiger partial charge in [0, 0.05) is 17.3 Å². The van der Waals surface area contributed by atoms with Gasteiger partial charge in [0.05, 0.1) is 7.11 Å². The van der Waals surface area contributed by atoms with Crippen molar-refractivity contribution in [2.24, 2.45) is 0 Å². The number of halogens is 2. The Labute approximate surface area is 109 Å². The van der Waals surface area contributed by atoms with E-state index in [-0.39, 0.29) is 0 Å². The van der Waals surface area contributed by atoms with E-state index in [1.165, 1.54) is 13.2 Å². The molecule has 0 N–H and O–H groups in total. The fourth-order valence-electron chi connectivity index (χ4n) is 1.79. The molecular formula is C14H10F2N2O. The zero-order chi connectivity index (χ0) is 14.0. The first kappa shape index (κ1) is 13.0. The standard InChI is InChI=1S/C14H10F2N2O/c1-8-10(3-4-14(18-8)19-2)9-5-12(15)11(7-17)13(16)6-9/h3-6H,1-2H3. The highest BCUT2D eigenvalue weighted by Gasteiger charge is 2.13. The molecule has 5 heteroatoms. The largest absolute Gasteiger partial charge is 0.481 e. The van der Waals surface area contributed by atoms with Crippen LogP contribution in [0.5, 0.6) is 5.88 Å². The van der Waals surface area contributed by atoms with Gasteiger partial charge in [0.15, 0.2) is 0 Å². The van der Waals surface area contributed by atoms with E-state index in [1.807, 2.05) is 0 Å². The quantitative estimate of drug-likeness (QED) is 0.832. The number of aromatic nitrogens is 1. The van der Waals surface area contributed by atoms with Gasteiger partial charge >= 0.3 is 0 Å². The number of ether oxygens (including phenoxy) is 1. The number of rotatable bonds is 2. The van der Waals surface area contributed by atoms with Gasteiger partial charge in [0.1, 0.15) is 23.3 Å². The second-order valence-corrected chi connectivity index (χ2v) is 3.91.